The van der Waals surface area contributed by atoms with Crippen molar-refractivity contribution in [3.05, 3.63) is 16.6 Å². The zero-order valence-corrected chi connectivity index (χ0v) is 16.1. The lowest BCUT2D eigenvalue weighted by Crippen LogP contribution is -2.57. The monoisotopic (exact) mass is 371 g/mol. The molecule has 0 saturated heterocycles. The minimum Gasteiger partial charge on any atom is -0.369 e. The first kappa shape index (κ1) is 17.5. The van der Waals surface area contributed by atoms with E-state index >= 15 is 0 Å². The quantitative estimate of drug-likeness (QED) is 0.367. The van der Waals surface area contributed by atoms with Crippen molar-refractivity contribution < 1.29 is 4.79 Å². The average molecular weight is 372 g/mol. The van der Waals surface area contributed by atoms with Crippen LogP contribution in [-0.2, 0) is 10.2 Å². The SMILES string of the molecule is CC(C)(C(=NC1C2CC3CC1CC(C(N)=O)(C3)C2)NC#N)c1nccs1. The summed E-state index contributed by atoms with van der Waals surface area (Å²) in [5.74, 6) is 1.93. The maximum Gasteiger partial charge on any atom is 0.223 e. The van der Waals surface area contributed by atoms with Gasteiger partial charge in [0.15, 0.2) is 6.19 Å². The number of amidine groups is 1. The van der Waals surface area contributed by atoms with Crippen LogP contribution in [-0.4, -0.2) is 22.8 Å². The molecule has 1 amide bonds. The van der Waals surface area contributed by atoms with Gasteiger partial charge in [-0.3, -0.25) is 15.1 Å². The van der Waals surface area contributed by atoms with E-state index in [4.69, 9.17) is 10.7 Å². The third kappa shape index (κ3) is 2.62. The molecule has 3 N–H and O–H groups in total. The Morgan fingerprint density at radius 3 is 2.65 bits per heavy atom. The van der Waals surface area contributed by atoms with Gasteiger partial charge in [0.1, 0.15) is 10.8 Å². The summed E-state index contributed by atoms with van der Waals surface area (Å²) in [5.41, 5.74) is 5.03. The predicted molar refractivity (Wildman–Crippen MR) is 100 cm³/mol. The summed E-state index contributed by atoms with van der Waals surface area (Å²) in [5, 5.41) is 15.0. The number of nitrogens with two attached hydrogens (primary N) is 1. The topological polar surface area (TPSA) is 104 Å². The maximum absolute atomic E-state index is 12.1. The first-order chi connectivity index (χ1) is 12.4. The Morgan fingerprint density at radius 2 is 2.12 bits per heavy atom. The van der Waals surface area contributed by atoms with Gasteiger partial charge in [0.25, 0.3) is 0 Å². The van der Waals surface area contributed by atoms with Crippen LogP contribution in [0.3, 0.4) is 0 Å². The molecule has 2 atom stereocenters. The molecule has 138 valence electrons. The molecule has 4 saturated carbocycles. The van der Waals surface area contributed by atoms with Gasteiger partial charge in [-0.15, -0.1) is 11.3 Å². The van der Waals surface area contributed by atoms with Gasteiger partial charge in [0.2, 0.25) is 5.91 Å². The van der Waals surface area contributed by atoms with E-state index in [2.05, 4.69) is 30.3 Å². The minimum atomic E-state index is -0.445. The molecule has 0 radical (unpaired) electrons. The molecule has 7 heteroatoms. The van der Waals surface area contributed by atoms with Gasteiger partial charge < -0.3 is 5.73 Å². The molecule has 4 fully saturated rings. The van der Waals surface area contributed by atoms with Gasteiger partial charge in [0, 0.05) is 17.0 Å². The molecular formula is C19H25N5OS. The van der Waals surface area contributed by atoms with Crippen molar-refractivity contribution >= 4 is 23.1 Å². The fraction of sp³-hybridized carbons (Fsp3) is 0.684. The van der Waals surface area contributed by atoms with Crippen LogP contribution < -0.4 is 11.1 Å². The van der Waals surface area contributed by atoms with Crippen molar-refractivity contribution in [2.75, 3.05) is 0 Å². The van der Waals surface area contributed by atoms with E-state index in [-0.39, 0.29) is 17.4 Å². The third-order valence-corrected chi connectivity index (χ3v) is 7.85. The second kappa shape index (κ2) is 6.05. The molecule has 5 rings (SSSR count). The number of aliphatic imine (C=N–C) groups is 1. The number of nitrogens with one attached hydrogen (secondary N) is 1. The van der Waals surface area contributed by atoms with Crippen molar-refractivity contribution in [1.29, 1.82) is 5.26 Å². The second-order valence-corrected chi connectivity index (χ2v) is 9.68. The molecule has 4 aliphatic carbocycles. The normalized spacial score (nSPS) is 36.0. The van der Waals surface area contributed by atoms with Crippen LogP contribution in [0.2, 0.25) is 0 Å². The minimum absolute atomic E-state index is 0.127. The fourth-order valence-corrected chi connectivity index (χ4v) is 6.46. The van der Waals surface area contributed by atoms with E-state index in [1.165, 1.54) is 0 Å². The molecule has 1 aromatic heterocycles. The highest BCUT2D eigenvalue weighted by atomic mass is 32.1. The number of aromatic nitrogens is 1. The van der Waals surface area contributed by atoms with Gasteiger partial charge in [-0.2, -0.15) is 5.26 Å². The van der Waals surface area contributed by atoms with Gasteiger partial charge in [-0.25, -0.2) is 4.98 Å². The summed E-state index contributed by atoms with van der Waals surface area (Å²) in [6, 6.07) is 0.161. The first-order valence-electron chi connectivity index (χ1n) is 9.29. The van der Waals surface area contributed by atoms with Crippen LogP contribution in [0.5, 0.6) is 0 Å². The lowest BCUT2D eigenvalue weighted by molar-refractivity contribution is -0.144. The van der Waals surface area contributed by atoms with Gasteiger partial charge >= 0.3 is 0 Å². The van der Waals surface area contributed by atoms with Crippen LogP contribution in [0.25, 0.3) is 0 Å². The lowest BCUT2D eigenvalue weighted by atomic mass is 9.47. The van der Waals surface area contributed by atoms with E-state index in [1.54, 1.807) is 17.5 Å². The number of carbonyl (C=O) groups is 1. The summed E-state index contributed by atoms with van der Waals surface area (Å²) in [6.07, 6.45) is 8.74. The van der Waals surface area contributed by atoms with Crippen LogP contribution >= 0.6 is 11.3 Å². The summed E-state index contributed by atoms with van der Waals surface area (Å²) >= 11 is 1.58. The van der Waals surface area contributed by atoms with E-state index in [0.717, 1.165) is 37.1 Å². The molecular weight excluding hydrogens is 346 g/mol. The smallest absolute Gasteiger partial charge is 0.223 e. The third-order valence-electron chi connectivity index (χ3n) is 6.76. The first-order valence-corrected chi connectivity index (χ1v) is 10.2. The lowest BCUT2D eigenvalue weighted by Gasteiger charge is -2.57. The largest absolute Gasteiger partial charge is 0.369 e. The predicted octanol–water partition coefficient (Wildman–Crippen LogP) is 2.57. The number of carbonyl (C=O) groups excluding carboxylic acids is 1. The van der Waals surface area contributed by atoms with E-state index in [1.807, 2.05) is 5.38 Å². The van der Waals surface area contributed by atoms with E-state index in [0.29, 0.717) is 23.6 Å². The zero-order chi connectivity index (χ0) is 18.5. The van der Waals surface area contributed by atoms with Crippen molar-refractivity contribution in [2.45, 2.75) is 57.4 Å². The molecule has 2 unspecified atom stereocenters. The number of primary amides is 1. The molecule has 4 aliphatic rings. The Kier molecular flexibility index (Phi) is 4.07. The number of nitrogens with zero attached hydrogens (tertiary/aromatic N) is 3. The van der Waals surface area contributed by atoms with Gasteiger partial charge in [-0.05, 0) is 63.7 Å². The van der Waals surface area contributed by atoms with Crippen LogP contribution in [0.15, 0.2) is 16.6 Å². The Balaban J connectivity index is 1.67. The fourth-order valence-electron chi connectivity index (χ4n) is 5.70. The van der Waals surface area contributed by atoms with Crippen LogP contribution in [0.1, 0.15) is 51.0 Å². The summed E-state index contributed by atoms with van der Waals surface area (Å²) < 4.78 is 0. The highest BCUT2D eigenvalue weighted by Gasteiger charge is 2.58. The molecule has 1 aromatic rings. The van der Waals surface area contributed by atoms with Gasteiger partial charge in [-0.1, -0.05) is 0 Å². The molecule has 0 spiro atoms. The van der Waals surface area contributed by atoms with Gasteiger partial charge in [0.05, 0.1) is 11.5 Å². The summed E-state index contributed by atoms with van der Waals surface area (Å²) in [7, 11) is 0. The maximum atomic E-state index is 12.1. The van der Waals surface area contributed by atoms with Crippen molar-refractivity contribution in [3.63, 3.8) is 0 Å². The molecule has 0 aromatic carbocycles. The molecule has 1 heterocycles. The summed E-state index contributed by atoms with van der Waals surface area (Å²) in [4.78, 5) is 21.6. The Labute approximate surface area is 157 Å². The van der Waals surface area contributed by atoms with Crippen molar-refractivity contribution in [2.24, 2.45) is 33.9 Å². The zero-order valence-electron chi connectivity index (χ0n) is 15.2. The number of thiazole rings is 1. The summed E-state index contributed by atoms with van der Waals surface area (Å²) in [6.45, 7) is 4.10. The van der Waals surface area contributed by atoms with Crippen LogP contribution in [0.4, 0.5) is 0 Å². The van der Waals surface area contributed by atoms with Crippen LogP contribution in [0, 0.1) is 34.6 Å². The Bertz CT molecular complexity index is 762. The van der Waals surface area contributed by atoms with Crippen molar-refractivity contribution in [1.82, 2.24) is 10.3 Å². The molecule has 4 bridgehead atoms. The van der Waals surface area contributed by atoms with Crippen molar-refractivity contribution in [3.8, 4) is 6.19 Å². The number of amides is 1. The number of rotatable bonds is 4. The highest BCUT2D eigenvalue weighted by molar-refractivity contribution is 7.09. The standard InChI is InChI=1S/C19H25N5OS/c1-18(2,17-22-3-4-26-17)16(23-10-20)24-14-12-5-11-6-13(14)9-19(7-11,8-12)15(21)25/h3-4,11-14H,5-9H2,1-2H3,(H2,21,25)(H,23,24). The van der Waals surface area contributed by atoms with E-state index in [9.17, 15) is 10.1 Å². The number of hydrogen-bond donors (Lipinski definition) is 2. The van der Waals surface area contributed by atoms with E-state index < -0.39 is 5.41 Å². The molecule has 6 nitrogen and oxygen atoms in total. The molecule has 0 aliphatic heterocycles. The second-order valence-electron chi connectivity index (χ2n) is 8.78. The average Bonchev–Trinajstić information content (AvgIpc) is 3.11. The Morgan fingerprint density at radius 1 is 1.42 bits per heavy atom. The molecule has 26 heavy (non-hydrogen) atoms. The highest BCUT2D eigenvalue weighted by Crippen LogP contribution is 2.60. The number of nitriles is 1. The number of hydrogen-bond acceptors (Lipinski definition) is 5. The Hall–Kier alpha value is -1.94.